The molecule has 3 nitrogen and oxygen atoms in total. The van der Waals surface area contributed by atoms with Crippen LogP contribution in [-0.4, -0.2) is 17.1 Å². The fourth-order valence-corrected chi connectivity index (χ4v) is 2.43. The van der Waals surface area contributed by atoms with E-state index in [1.807, 2.05) is 0 Å². The summed E-state index contributed by atoms with van der Waals surface area (Å²) >= 11 is 0. The van der Waals surface area contributed by atoms with E-state index in [0.717, 1.165) is 12.8 Å². The third-order valence-corrected chi connectivity index (χ3v) is 3.22. The van der Waals surface area contributed by atoms with Crippen molar-refractivity contribution < 1.29 is 9.90 Å². The summed E-state index contributed by atoms with van der Waals surface area (Å²) in [7, 11) is 0. The molecule has 11 heavy (non-hydrogen) atoms. The van der Waals surface area contributed by atoms with Crippen LogP contribution in [0.2, 0.25) is 0 Å². The highest BCUT2D eigenvalue weighted by Gasteiger charge is 2.46. The van der Waals surface area contributed by atoms with Crippen molar-refractivity contribution in [2.24, 2.45) is 23.5 Å². The number of hydrogen-bond donors (Lipinski definition) is 2. The van der Waals surface area contributed by atoms with Gasteiger partial charge in [0.25, 0.3) is 0 Å². The Morgan fingerprint density at radius 1 is 1.27 bits per heavy atom. The third-order valence-electron chi connectivity index (χ3n) is 3.22. The molecular formula is C8H13NO2. The predicted molar refractivity (Wildman–Crippen MR) is 39.9 cm³/mol. The maximum Gasteiger partial charge on any atom is 0.306 e. The molecule has 2 atom stereocenters. The van der Waals surface area contributed by atoms with E-state index in [4.69, 9.17) is 10.8 Å². The van der Waals surface area contributed by atoms with Gasteiger partial charge < -0.3 is 10.8 Å². The van der Waals surface area contributed by atoms with Crippen molar-refractivity contribution in [2.75, 3.05) is 0 Å². The van der Waals surface area contributed by atoms with Gasteiger partial charge in [-0.2, -0.15) is 0 Å². The number of carboxylic acids is 1. The lowest BCUT2D eigenvalue weighted by atomic mass is 9.58. The standard InChI is InChI=1S/C8H13NO2/c9-7-4-1-5(7)3-6(2-4)8(10)11/h4-7H,1-3,9H2,(H,10,11)/t4-,5-,6?,7?/m0/s1. The van der Waals surface area contributed by atoms with E-state index in [1.54, 1.807) is 0 Å². The second-order valence-electron chi connectivity index (χ2n) is 3.84. The number of fused-ring (bicyclic) bond motifs is 2. The van der Waals surface area contributed by atoms with Crippen molar-refractivity contribution in [3.8, 4) is 0 Å². The number of rotatable bonds is 1. The second-order valence-corrected chi connectivity index (χ2v) is 3.84. The maximum absolute atomic E-state index is 10.6. The van der Waals surface area contributed by atoms with Gasteiger partial charge in [0, 0.05) is 6.04 Å². The van der Waals surface area contributed by atoms with Crippen molar-refractivity contribution in [1.29, 1.82) is 0 Å². The molecule has 3 fully saturated rings. The average molecular weight is 155 g/mol. The summed E-state index contributed by atoms with van der Waals surface area (Å²) in [5, 5.41) is 8.72. The second kappa shape index (κ2) is 2.21. The highest BCUT2D eigenvalue weighted by Crippen LogP contribution is 2.47. The maximum atomic E-state index is 10.6. The van der Waals surface area contributed by atoms with E-state index in [9.17, 15) is 4.79 Å². The van der Waals surface area contributed by atoms with Crippen LogP contribution in [0.4, 0.5) is 0 Å². The van der Waals surface area contributed by atoms with Crippen molar-refractivity contribution in [1.82, 2.24) is 0 Å². The first-order valence-corrected chi connectivity index (χ1v) is 4.17. The van der Waals surface area contributed by atoms with Gasteiger partial charge in [-0.25, -0.2) is 0 Å². The zero-order valence-corrected chi connectivity index (χ0v) is 6.36. The van der Waals surface area contributed by atoms with Crippen LogP contribution in [0.3, 0.4) is 0 Å². The minimum absolute atomic E-state index is 0.0986. The number of carboxylic acid groups (broad SMARTS) is 1. The highest BCUT2D eigenvalue weighted by molar-refractivity contribution is 5.70. The molecule has 3 aliphatic rings. The van der Waals surface area contributed by atoms with E-state index in [2.05, 4.69) is 0 Å². The lowest BCUT2D eigenvalue weighted by Crippen LogP contribution is -2.54. The third kappa shape index (κ3) is 0.948. The predicted octanol–water partition coefficient (Wildman–Crippen LogP) is 0.444. The summed E-state index contributed by atoms with van der Waals surface area (Å²) in [5.41, 5.74) is 5.80. The number of hydrogen-bond acceptors (Lipinski definition) is 2. The molecule has 0 unspecified atom stereocenters. The molecule has 3 N–H and O–H groups in total. The molecule has 0 amide bonds. The Balaban J connectivity index is 1.99. The zero-order chi connectivity index (χ0) is 8.01. The summed E-state index contributed by atoms with van der Waals surface area (Å²) < 4.78 is 0. The van der Waals surface area contributed by atoms with Gasteiger partial charge in [0.05, 0.1) is 5.92 Å². The van der Waals surface area contributed by atoms with Gasteiger partial charge in [-0.05, 0) is 31.1 Å². The fraction of sp³-hybridized carbons (Fsp3) is 0.875. The van der Waals surface area contributed by atoms with Gasteiger partial charge in [0.15, 0.2) is 0 Å². The SMILES string of the molecule is NC1[C@@H]2CC(C(=O)O)C[C@@H]1C2. The Hall–Kier alpha value is -0.570. The first-order chi connectivity index (χ1) is 5.18. The topological polar surface area (TPSA) is 63.3 Å². The van der Waals surface area contributed by atoms with E-state index in [-0.39, 0.29) is 5.92 Å². The normalized spacial score (nSPS) is 48.1. The van der Waals surface area contributed by atoms with Crippen LogP contribution in [0.1, 0.15) is 19.3 Å². The van der Waals surface area contributed by atoms with E-state index >= 15 is 0 Å². The Bertz CT molecular complexity index is 181. The van der Waals surface area contributed by atoms with Gasteiger partial charge in [0.2, 0.25) is 0 Å². The number of carbonyl (C=O) groups is 1. The van der Waals surface area contributed by atoms with Gasteiger partial charge in [-0.3, -0.25) is 4.79 Å². The Morgan fingerprint density at radius 3 is 2.18 bits per heavy atom. The summed E-state index contributed by atoms with van der Waals surface area (Å²) in [6.07, 6.45) is 2.80. The zero-order valence-electron chi connectivity index (χ0n) is 6.36. The van der Waals surface area contributed by atoms with Crippen LogP contribution in [0.25, 0.3) is 0 Å². The first-order valence-electron chi connectivity index (χ1n) is 4.17. The number of aliphatic carboxylic acids is 1. The van der Waals surface area contributed by atoms with Crippen LogP contribution in [-0.2, 0) is 4.79 Å². The molecule has 3 aliphatic carbocycles. The van der Waals surface area contributed by atoms with Crippen LogP contribution in [0, 0.1) is 17.8 Å². The van der Waals surface area contributed by atoms with Gasteiger partial charge in [-0.15, -0.1) is 0 Å². The molecule has 0 saturated heterocycles. The molecule has 62 valence electrons. The Kier molecular flexibility index (Phi) is 1.42. The molecule has 0 aromatic carbocycles. The van der Waals surface area contributed by atoms with Crippen LogP contribution < -0.4 is 5.73 Å². The lowest BCUT2D eigenvalue weighted by Gasteiger charge is -2.49. The van der Waals surface area contributed by atoms with E-state index in [1.165, 1.54) is 6.42 Å². The quantitative estimate of drug-likeness (QED) is 0.577. The summed E-state index contributed by atoms with van der Waals surface area (Å²) in [4.78, 5) is 10.6. The molecule has 0 heterocycles. The molecule has 0 radical (unpaired) electrons. The molecule has 3 rings (SSSR count). The Labute approximate surface area is 65.6 Å². The smallest absolute Gasteiger partial charge is 0.306 e. The average Bonchev–Trinajstić information content (AvgIpc) is 2.03. The lowest BCUT2D eigenvalue weighted by molar-refractivity contribution is -0.147. The van der Waals surface area contributed by atoms with Crippen LogP contribution in [0.5, 0.6) is 0 Å². The van der Waals surface area contributed by atoms with Crippen molar-refractivity contribution in [3.63, 3.8) is 0 Å². The molecule has 0 aliphatic heterocycles. The number of nitrogens with two attached hydrogens (primary N) is 1. The van der Waals surface area contributed by atoms with Crippen LogP contribution in [0.15, 0.2) is 0 Å². The Morgan fingerprint density at radius 2 is 1.82 bits per heavy atom. The van der Waals surface area contributed by atoms with Gasteiger partial charge in [0.1, 0.15) is 0 Å². The van der Waals surface area contributed by atoms with Gasteiger partial charge in [-0.1, -0.05) is 0 Å². The minimum atomic E-state index is -0.633. The minimum Gasteiger partial charge on any atom is -0.481 e. The summed E-state index contributed by atoms with van der Waals surface area (Å²) in [6.45, 7) is 0. The first kappa shape index (κ1) is 7.10. The highest BCUT2D eigenvalue weighted by atomic mass is 16.4. The molecule has 0 aromatic rings. The van der Waals surface area contributed by atoms with E-state index in [0.29, 0.717) is 17.9 Å². The fourth-order valence-electron chi connectivity index (χ4n) is 2.43. The molecule has 0 aromatic heterocycles. The largest absolute Gasteiger partial charge is 0.481 e. The van der Waals surface area contributed by atoms with E-state index < -0.39 is 5.97 Å². The monoisotopic (exact) mass is 155 g/mol. The molecule has 3 heteroatoms. The summed E-state index contributed by atoms with van der Waals surface area (Å²) in [6, 6.07) is 0.311. The van der Waals surface area contributed by atoms with Crippen LogP contribution >= 0.6 is 0 Å². The summed E-state index contributed by atoms with van der Waals surface area (Å²) in [5.74, 6) is 0.287. The van der Waals surface area contributed by atoms with Crippen molar-refractivity contribution in [3.05, 3.63) is 0 Å². The molecule has 3 saturated carbocycles. The molecule has 0 spiro atoms. The van der Waals surface area contributed by atoms with Crippen molar-refractivity contribution in [2.45, 2.75) is 25.3 Å². The molecule has 2 bridgehead atoms. The van der Waals surface area contributed by atoms with Crippen molar-refractivity contribution >= 4 is 5.97 Å². The molecular weight excluding hydrogens is 142 g/mol. The van der Waals surface area contributed by atoms with Gasteiger partial charge >= 0.3 is 5.97 Å².